The second-order valence-corrected chi connectivity index (χ2v) is 2.68. The molecule has 0 aliphatic carbocycles. The molecule has 0 aliphatic heterocycles. The van der Waals surface area contributed by atoms with Gasteiger partial charge in [0.15, 0.2) is 0 Å². The van der Waals surface area contributed by atoms with Crippen LogP contribution >= 0.6 is 0 Å². The Balaban J connectivity index is 2.95. The molecule has 0 spiro atoms. The molecule has 0 saturated carbocycles. The Morgan fingerprint density at radius 1 is 1.46 bits per heavy atom. The van der Waals surface area contributed by atoms with E-state index in [1.807, 2.05) is 0 Å². The van der Waals surface area contributed by atoms with E-state index in [9.17, 15) is 9.18 Å². The Morgan fingerprint density at radius 2 is 2.23 bits per heavy atom. The molecule has 5 heteroatoms. The van der Waals surface area contributed by atoms with Crippen LogP contribution in [0.15, 0.2) is 23.0 Å². The molecule has 2 rings (SSSR count). The molecule has 0 radical (unpaired) electrons. The smallest absolute Gasteiger partial charge is 0.267 e. The highest BCUT2D eigenvalue weighted by Crippen LogP contribution is 2.06. The number of hydrogen-bond donors (Lipinski definition) is 0. The van der Waals surface area contributed by atoms with Crippen LogP contribution in [0, 0.1) is 5.82 Å². The molecule has 1 aromatic heterocycles. The summed E-state index contributed by atoms with van der Waals surface area (Å²) in [6.07, 6.45) is 0. The number of hydrogen-bond acceptors (Lipinski definition) is 3. The fourth-order valence-electron chi connectivity index (χ4n) is 1.10. The van der Waals surface area contributed by atoms with E-state index in [2.05, 4.69) is 10.3 Å². The SMILES string of the molecule is Cn1nnc2cc(F)ccc2c1=O. The molecule has 0 saturated heterocycles. The van der Waals surface area contributed by atoms with Crippen molar-refractivity contribution < 1.29 is 4.39 Å². The van der Waals surface area contributed by atoms with E-state index in [1.54, 1.807) is 0 Å². The summed E-state index contributed by atoms with van der Waals surface area (Å²) < 4.78 is 13.8. The molecule has 0 amide bonds. The lowest BCUT2D eigenvalue weighted by Gasteiger charge is -1.97. The molecule has 66 valence electrons. The third kappa shape index (κ3) is 1.18. The van der Waals surface area contributed by atoms with Crippen molar-refractivity contribution in [3.63, 3.8) is 0 Å². The van der Waals surface area contributed by atoms with Gasteiger partial charge in [-0.25, -0.2) is 9.07 Å². The average molecular weight is 179 g/mol. The fraction of sp³-hybridized carbons (Fsp3) is 0.125. The third-order valence-electron chi connectivity index (χ3n) is 1.77. The Hall–Kier alpha value is -1.78. The van der Waals surface area contributed by atoms with E-state index in [0.29, 0.717) is 5.39 Å². The van der Waals surface area contributed by atoms with Crippen molar-refractivity contribution >= 4 is 10.9 Å². The van der Waals surface area contributed by atoms with E-state index in [0.717, 1.165) is 4.68 Å². The van der Waals surface area contributed by atoms with E-state index in [4.69, 9.17) is 0 Å². The second kappa shape index (κ2) is 2.62. The number of aryl methyl sites for hydroxylation is 1. The number of nitrogens with zero attached hydrogens (tertiary/aromatic N) is 3. The van der Waals surface area contributed by atoms with Crippen molar-refractivity contribution in [3.05, 3.63) is 34.4 Å². The summed E-state index contributed by atoms with van der Waals surface area (Å²) in [4.78, 5) is 11.4. The summed E-state index contributed by atoms with van der Waals surface area (Å²) in [5.41, 5.74) is 0.00750. The molecule has 0 fully saturated rings. The second-order valence-electron chi connectivity index (χ2n) is 2.68. The Bertz CT molecular complexity index is 520. The van der Waals surface area contributed by atoms with Gasteiger partial charge in [0.05, 0.1) is 5.39 Å². The van der Waals surface area contributed by atoms with Crippen LogP contribution in [0.3, 0.4) is 0 Å². The van der Waals surface area contributed by atoms with Gasteiger partial charge in [-0.2, -0.15) is 0 Å². The standard InChI is InChI=1S/C8H6FN3O/c1-12-8(13)6-3-2-5(9)4-7(6)10-11-12/h2-4H,1H3. The van der Waals surface area contributed by atoms with Gasteiger partial charge in [-0.05, 0) is 12.1 Å². The van der Waals surface area contributed by atoms with Gasteiger partial charge >= 0.3 is 0 Å². The van der Waals surface area contributed by atoms with Crippen LogP contribution in [-0.4, -0.2) is 15.0 Å². The van der Waals surface area contributed by atoms with Crippen LogP contribution in [-0.2, 0) is 7.05 Å². The van der Waals surface area contributed by atoms with Crippen molar-refractivity contribution in [3.8, 4) is 0 Å². The van der Waals surface area contributed by atoms with Crippen LogP contribution < -0.4 is 5.56 Å². The minimum atomic E-state index is -0.421. The molecule has 0 N–H and O–H groups in total. The number of halogens is 1. The van der Waals surface area contributed by atoms with Crippen molar-refractivity contribution in [2.45, 2.75) is 0 Å². The maximum Gasteiger partial charge on any atom is 0.277 e. The first-order valence-corrected chi connectivity index (χ1v) is 3.68. The summed E-state index contributed by atoms with van der Waals surface area (Å²) in [5, 5.41) is 7.58. The zero-order valence-electron chi connectivity index (χ0n) is 6.86. The summed E-state index contributed by atoms with van der Waals surface area (Å²) in [7, 11) is 1.50. The minimum Gasteiger partial charge on any atom is -0.267 e. The molecule has 4 nitrogen and oxygen atoms in total. The molecule has 0 bridgehead atoms. The number of aromatic nitrogens is 3. The van der Waals surface area contributed by atoms with Crippen molar-refractivity contribution in [1.82, 2.24) is 15.0 Å². The van der Waals surface area contributed by atoms with Crippen LogP contribution in [0.4, 0.5) is 4.39 Å². The highest BCUT2D eigenvalue weighted by atomic mass is 19.1. The highest BCUT2D eigenvalue weighted by Gasteiger charge is 2.02. The van der Waals surface area contributed by atoms with E-state index in [1.165, 1.54) is 25.2 Å². The number of fused-ring (bicyclic) bond motifs is 1. The van der Waals surface area contributed by atoms with Crippen molar-refractivity contribution in [2.75, 3.05) is 0 Å². The van der Waals surface area contributed by atoms with Crippen molar-refractivity contribution in [2.24, 2.45) is 7.05 Å². The van der Waals surface area contributed by atoms with Crippen LogP contribution in [0.1, 0.15) is 0 Å². The topological polar surface area (TPSA) is 47.8 Å². The van der Waals surface area contributed by atoms with Crippen LogP contribution in [0.25, 0.3) is 10.9 Å². The first-order chi connectivity index (χ1) is 6.18. The van der Waals surface area contributed by atoms with Gasteiger partial charge in [0.1, 0.15) is 11.3 Å². The third-order valence-corrected chi connectivity index (χ3v) is 1.77. The van der Waals surface area contributed by atoms with Gasteiger partial charge in [-0.1, -0.05) is 5.21 Å². The first-order valence-electron chi connectivity index (χ1n) is 3.68. The summed E-state index contributed by atoms with van der Waals surface area (Å²) in [6.45, 7) is 0. The largest absolute Gasteiger partial charge is 0.277 e. The summed E-state index contributed by atoms with van der Waals surface area (Å²) in [5.74, 6) is -0.421. The maximum atomic E-state index is 12.7. The molecule has 0 unspecified atom stereocenters. The molecule has 1 heterocycles. The Labute approximate surface area is 72.6 Å². The molecule has 0 atom stereocenters. The van der Waals surface area contributed by atoms with Gasteiger partial charge in [0.2, 0.25) is 0 Å². The average Bonchev–Trinajstić information content (AvgIpc) is 2.12. The highest BCUT2D eigenvalue weighted by molar-refractivity contribution is 5.76. The number of benzene rings is 1. The van der Waals surface area contributed by atoms with Gasteiger partial charge in [-0.15, -0.1) is 5.10 Å². The molecule has 0 aliphatic rings. The van der Waals surface area contributed by atoms with Gasteiger partial charge in [0, 0.05) is 13.1 Å². The number of rotatable bonds is 0. The molecule has 1 aromatic carbocycles. The van der Waals surface area contributed by atoms with E-state index >= 15 is 0 Å². The van der Waals surface area contributed by atoms with E-state index in [-0.39, 0.29) is 11.1 Å². The van der Waals surface area contributed by atoms with Gasteiger partial charge in [0.25, 0.3) is 5.56 Å². The van der Waals surface area contributed by atoms with Crippen LogP contribution in [0.2, 0.25) is 0 Å². The summed E-state index contributed by atoms with van der Waals surface area (Å²) in [6, 6.07) is 3.82. The van der Waals surface area contributed by atoms with E-state index < -0.39 is 5.82 Å². The monoisotopic (exact) mass is 179 g/mol. The Kier molecular flexibility index (Phi) is 1.58. The predicted octanol–water partition coefficient (Wildman–Crippen LogP) is 0.468. The lowest BCUT2D eigenvalue weighted by atomic mass is 10.2. The first kappa shape index (κ1) is 7.85. The zero-order chi connectivity index (χ0) is 9.42. The normalized spacial score (nSPS) is 10.6. The van der Waals surface area contributed by atoms with Crippen molar-refractivity contribution in [1.29, 1.82) is 0 Å². The molecular weight excluding hydrogens is 173 g/mol. The molecule has 13 heavy (non-hydrogen) atoms. The quantitative estimate of drug-likeness (QED) is 0.590. The summed E-state index contributed by atoms with van der Waals surface area (Å²) >= 11 is 0. The molecule has 2 aromatic rings. The predicted molar refractivity (Wildman–Crippen MR) is 44.7 cm³/mol. The maximum absolute atomic E-state index is 12.7. The zero-order valence-corrected chi connectivity index (χ0v) is 6.86. The van der Waals surface area contributed by atoms with Crippen LogP contribution in [0.5, 0.6) is 0 Å². The minimum absolute atomic E-state index is 0.273. The molecular formula is C8H6FN3O. The Morgan fingerprint density at radius 3 is 3.00 bits per heavy atom. The van der Waals surface area contributed by atoms with Gasteiger partial charge < -0.3 is 0 Å². The van der Waals surface area contributed by atoms with Gasteiger partial charge in [-0.3, -0.25) is 4.79 Å². The lowest BCUT2D eigenvalue weighted by molar-refractivity contribution is 0.624. The lowest BCUT2D eigenvalue weighted by Crippen LogP contribution is -2.20. The fourth-order valence-corrected chi connectivity index (χ4v) is 1.10.